The van der Waals surface area contributed by atoms with Gasteiger partial charge < -0.3 is 5.32 Å². The van der Waals surface area contributed by atoms with E-state index in [2.05, 4.69) is 5.32 Å². The number of hydrogen-bond donors (Lipinski definition) is 1. The number of alkyl halides is 3. The largest absolute Gasteiger partial charge is 0.416 e. The first-order chi connectivity index (χ1) is 7.45. The van der Waals surface area contributed by atoms with Gasteiger partial charge in [-0.15, -0.1) is 0 Å². The Morgan fingerprint density at radius 3 is 2.50 bits per heavy atom. The minimum atomic E-state index is -4.51. The van der Waals surface area contributed by atoms with E-state index in [-0.39, 0.29) is 12.1 Å². The van der Waals surface area contributed by atoms with E-state index in [1.165, 1.54) is 6.07 Å². The molecule has 0 unspecified atom stereocenters. The van der Waals surface area contributed by atoms with Gasteiger partial charge in [-0.2, -0.15) is 13.2 Å². The van der Waals surface area contributed by atoms with Crippen molar-refractivity contribution in [3.8, 4) is 0 Å². The summed E-state index contributed by atoms with van der Waals surface area (Å²) in [6.07, 6.45) is -3.67. The second-order valence-electron chi connectivity index (χ2n) is 3.48. The average molecular weight is 235 g/mol. The lowest BCUT2D eigenvalue weighted by Crippen LogP contribution is -2.18. The molecule has 0 saturated carbocycles. The van der Waals surface area contributed by atoms with Gasteiger partial charge in [0.25, 0.3) is 0 Å². The van der Waals surface area contributed by atoms with Crippen molar-refractivity contribution in [1.82, 2.24) is 5.32 Å². The zero-order chi connectivity index (χ0) is 12.2. The van der Waals surface area contributed by atoms with Crippen LogP contribution in [-0.2, 0) is 12.7 Å². The lowest BCUT2D eigenvalue weighted by Gasteiger charge is -2.13. The molecule has 0 aliphatic heterocycles. The van der Waals surface area contributed by atoms with E-state index in [4.69, 9.17) is 0 Å². The van der Waals surface area contributed by atoms with Crippen molar-refractivity contribution in [3.63, 3.8) is 0 Å². The minimum absolute atomic E-state index is 0.0716. The molecule has 1 N–H and O–H groups in total. The van der Waals surface area contributed by atoms with E-state index in [1.807, 2.05) is 6.92 Å². The first-order valence-corrected chi connectivity index (χ1v) is 5.01. The fourth-order valence-electron chi connectivity index (χ4n) is 1.37. The van der Waals surface area contributed by atoms with Crippen molar-refractivity contribution in [1.29, 1.82) is 0 Å². The van der Waals surface area contributed by atoms with Crippen LogP contribution in [-0.4, -0.2) is 6.54 Å². The first kappa shape index (κ1) is 13.0. The topological polar surface area (TPSA) is 12.0 Å². The maximum atomic E-state index is 12.7. The summed E-state index contributed by atoms with van der Waals surface area (Å²) in [7, 11) is 0. The van der Waals surface area contributed by atoms with E-state index in [9.17, 15) is 17.6 Å². The van der Waals surface area contributed by atoms with E-state index in [0.717, 1.165) is 12.5 Å². The Hall–Kier alpha value is -1.10. The van der Waals surface area contributed by atoms with Crippen LogP contribution in [0.2, 0.25) is 0 Å². The van der Waals surface area contributed by atoms with E-state index in [1.54, 1.807) is 0 Å². The third kappa shape index (κ3) is 3.48. The van der Waals surface area contributed by atoms with Gasteiger partial charge in [0.15, 0.2) is 0 Å². The second-order valence-corrected chi connectivity index (χ2v) is 3.48. The highest BCUT2D eigenvalue weighted by Crippen LogP contribution is 2.32. The summed E-state index contributed by atoms with van der Waals surface area (Å²) in [4.78, 5) is 0. The molecule has 16 heavy (non-hydrogen) atoms. The number of rotatable bonds is 4. The molecule has 0 saturated heterocycles. The van der Waals surface area contributed by atoms with Gasteiger partial charge in [0.2, 0.25) is 0 Å². The van der Waals surface area contributed by atoms with Crippen molar-refractivity contribution < 1.29 is 17.6 Å². The summed E-state index contributed by atoms with van der Waals surface area (Å²) in [5.74, 6) is -0.869. The van der Waals surface area contributed by atoms with Crippen LogP contribution in [0.5, 0.6) is 0 Å². The van der Waals surface area contributed by atoms with Crippen molar-refractivity contribution >= 4 is 0 Å². The van der Waals surface area contributed by atoms with E-state index in [0.29, 0.717) is 12.6 Å². The maximum Gasteiger partial charge on any atom is 0.416 e. The zero-order valence-corrected chi connectivity index (χ0v) is 8.87. The summed E-state index contributed by atoms with van der Waals surface area (Å²) < 4.78 is 50.4. The quantitative estimate of drug-likeness (QED) is 0.623. The van der Waals surface area contributed by atoms with Crippen molar-refractivity contribution in [2.75, 3.05) is 6.54 Å². The molecule has 1 rings (SSSR count). The Morgan fingerprint density at radius 2 is 1.94 bits per heavy atom. The first-order valence-electron chi connectivity index (χ1n) is 5.01. The molecule has 1 nitrogen and oxygen atoms in total. The molecule has 0 spiro atoms. The van der Waals surface area contributed by atoms with Gasteiger partial charge in [0.05, 0.1) is 5.56 Å². The molecule has 0 heterocycles. The molecule has 5 heteroatoms. The molecule has 0 amide bonds. The molecule has 0 aromatic heterocycles. The minimum Gasteiger partial charge on any atom is -0.313 e. The van der Waals surface area contributed by atoms with E-state index >= 15 is 0 Å². The average Bonchev–Trinajstić information content (AvgIpc) is 2.19. The van der Waals surface area contributed by atoms with Gasteiger partial charge in [-0.1, -0.05) is 13.0 Å². The summed E-state index contributed by atoms with van der Waals surface area (Å²) >= 11 is 0. The summed E-state index contributed by atoms with van der Waals surface area (Å²) in [6, 6.07) is 2.74. The van der Waals surface area contributed by atoms with Crippen LogP contribution in [0, 0.1) is 5.82 Å². The Kier molecular flexibility index (Phi) is 4.29. The number of nitrogens with one attached hydrogen (secondary N) is 1. The molecule has 0 aliphatic rings. The SMILES string of the molecule is CCCNCc1ccc(F)cc1C(F)(F)F. The summed E-state index contributed by atoms with van der Waals surface area (Å²) in [5, 5.41) is 2.86. The van der Waals surface area contributed by atoms with Crippen LogP contribution in [0.4, 0.5) is 17.6 Å². The van der Waals surface area contributed by atoms with Gasteiger partial charge in [0.1, 0.15) is 5.82 Å². The second kappa shape index (κ2) is 5.30. The lowest BCUT2D eigenvalue weighted by atomic mass is 10.1. The number of halogens is 4. The third-order valence-corrected chi connectivity index (χ3v) is 2.12. The van der Waals surface area contributed by atoms with Gasteiger partial charge in [-0.05, 0) is 30.7 Å². The lowest BCUT2D eigenvalue weighted by molar-refractivity contribution is -0.138. The van der Waals surface area contributed by atoms with Gasteiger partial charge in [-0.3, -0.25) is 0 Å². The number of benzene rings is 1. The highest BCUT2D eigenvalue weighted by atomic mass is 19.4. The van der Waals surface area contributed by atoms with Crippen LogP contribution in [0.1, 0.15) is 24.5 Å². The molecule has 1 aromatic rings. The van der Waals surface area contributed by atoms with Crippen LogP contribution >= 0.6 is 0 Å². The Morgan fingerprint density at radius 1 is 1.25 bits per heavy atom. The van der Waals surface area contributed by atoms with Crippen LogP contribution < -0.4 is 5.32 Å². The Bertz CT molecular complexity index is 346. The maximum absolute atomic E-state index is 12.7. The molecular formula is C11H13F4N. The molecule has 0 atom stereocenters. The molecule has 0 aliphatic carbocycles. The molecule has 0 radical (unpaired) electrons. The molecule has 1 aromatic carbocycles. The standard InChI is InChI=1S/C11H13F4N/c1-2-5-16-7-8-3-4-9(12)6-10(8)11(13,14)15/h3-4,6,16H,2,5,7H2,1H3. The van der Waals surface area contributed by atoms with Gasteiger partial charge >= 0.3 is 6.18 Å². The monoisotopic (exact) mass is 235 g/mol. The highest BCUT2D eigenvalue weighted by molar-refractivity contribution is 5.30. The molecule has 0 fully saturated rings. The molecule has 0 bridgehead atoms. The highest BCUT2D eigenvalue weighted by Gasteiger charge is 2.33. The smallest absolute Gasteiger partial charge is 0.313 e. The number of hydrogen-bond acceptors (Lipinski definition) is 1. The Labute approximate surface area is 91.5 Å². The fraction of sp³-hybridized carbons (Fsp3) is 0.455. The summed E-state index contributed by atoms with van der Waals surface area (Å²) in [6.45, 7) is 2.65. The molecular weight excluding hydrogens is 222 g/mol. The van der Waals surface area contributed by atoms with Crippen LogP contribution in [0.25, 0.3) is 0 Å². The van der Waals surface area contributed by atoms with Crippen molar-refractivity contribution in [2.24, 2.45) is 0 Å². The van der Waals surface area contributed by atoms with Gasteiger partial charge in [-0.25, -0.2) is 4.39 Å². The Balaban J connectivity index is 2.90. The van der Waals surface area contributed by atoms with Crippen molar-refractivity contribution in [2.45, 2.75) is 26.1 Å². The van der Waals surface area contributed by atoms with Crippen molar-refractivity contribution in [3.05, 3.63) is 35.1 Å². The van der Waals surface area contributed by atoms with Gasteiger partial charge in [0, 0.05) is 6.54 Å². The summed E-state index contributed by atoms with van der Waals surface area (Å²) in [5.41, 5.74) is -0.835. The van der Waals surface area contributed by atoms with Crippen LogP contribution in [0.3, 0.4) is 0 Å². The molecule has 90 valence electrons. The predicted molar refractivity (Wildman–Crippen MR) is 53.4 cm³/mol. The zero-order valence-electron chi connectivity index (χ0n) is 8.87. The fourth-order valence-corrected chi connectivity index (χ4v) is 1.37. The predicted octanol–water partition coefficient (Wildman–Crippen LogP) is 3.34. The van der Waals surface area contributed by atoms with E-state index < -0.39 is 17.6 Å². The normalized spacial score (nSPS) is 11.8. The third-order valence-electron chi connectivity index (χ3n) is 2.12. The van der Waals surface area contributed by atoms with Crippen LogP contribution in [0.15, 0.2) is 18.2 Å².